The molecule has 1 aromatic rings. The molecule has 1 saturated heterocycles. The van der Waals surface area contributed by atoms with Gasteiger partial charge >= 0.3 is 0 Å². The van der Waals surface area contributed by atoms with E-state index in [4.69, 9.17) is 0 Å². The van der Waals surface area contributed by atoms with Gasteiger partial charge in [0.25, 0.3) is 5.91 Å². The molecule has 5 nitrogen and oxygen atoms in total. The zero-order valence-electron chi connectivity index (χ0n) is 14.9. The second-order valence-corrected chi connectivity index (χ2v) is 9.19. The van der Waals surface area contributed by atoms with Crippen LogP contribution in [-0.2, 0) is 4.79 Å². The first-order chi connectivity index (χ1) is 11.8. The summed E-state index contributed by atoms with van der Waals surface area (Å²) in [7, 11) is 0. The van der Waals surface area contributed by atoms with Crippen LogP contribution in [-0.4, -0.2) is 38.3 Å². The number of benzene rings is 1. The first kappa shape index (κ1) is 15.5. The summed E-state index contributed by atoms with van der Waals surface area (Å²) in [5.41, 5.74) is -0.458. The highest BCUT2D eigenvalue weighted by Crippen LogP contribution is 2.59. The van der Waals surface area contributed by atoms with Crippen molar-refractivity contribution in [2.45, 2.75) is 63.1 Å². The predicted octanol–water partition coefficient (Wildman–Crippen LogP) is 2.67. The van der Waals surface area contributed by atoms with Gasteiger partial charge < -0.3 is 10.2 Å². The molecule has 1 amide bonds. The number of para-hydroxylation sites is 2. The van der Waals surface area contributed by atoms with Gasteiger partial charge in [-0.1, -0.05) is 12.1 Å². The summed E-state index contributed by atoms with van der Waals surface area (Å²) < 4.78 is 0. The monoisotopic (exact) mass is 342 g/mol. The van der Waals surface area contributed by atoms with E-state index in [0.29, 0.717) is 23.4 Å². The SMILES string of the molecule is CC1(C)C(=O)N([C@H]2C3CC4CC2C[C@](O)(C4)C3)N1c1ccccc1O. The lowest BCUT2D eigenvalue weighted by molar-refractivity contribution is -0.190. The van der Waals surface area contributed by atoms with Crippen LogP contribution in [0.3, 0.4) is 0 Å². The molecule has 6 rings (SSSR count). The van der Waals surface area contributed by atoms with Gasteiger partial charge in [-0.25, -0.2) is 5.01 Å². The summed E-state index contributed by atoms with van der Waals surface area (Å²) in [6.45, 7) is 3.84. The van der Waals surface area contributed by atoms with Crippen LogP contribution in [0.5, 0.6) is 5.75 Å². The maximum atomic E-state index is 13.0. The number of aromatic hydroxyl groups is 1. The van der Waals surface area contributed by atoms with E-state index in [9.17, 15) is 15.0 Å². The van der Waals surface area contributed by atoms with Crippen molar-refractivity contribution < 1.29 is 15.0 Å². The van der Waals surface area contributed by atoms with Crippen LogP contribution >= 0.6 is 0 Å². The van der Waals surface area contributed by atoms with Crippen LogP contribution in [0.15, 0.2) is 24.3 Å². The molecule has 5 heteroatoms. The number of anilines is 1. The van der Waals surface area contributed by atoms with E-state index in [1.165, 1.54) is 0 Å². The molecule has 2 unspecified atom stereocenters. The number of carbonyl (C=O) groups excluding carboxylic acids is 1. The van der Waals surface area contributed by atoms with Crippen LogP contribution < -0.4 is 5.01 Å². The molecule has 0 radical (unpaired) electrons. The molecule has 1 aliphatic heterocycles. The lowest BCUT2D eigenvalue weighted by atomic mass is 9.52. The van der Waals surface area contributed by atoms with Gasteiger partial charge in [0.1, 0.15) is 17.0 Å². The van der Waals surface area contributed by atoms with Crippen molar-refractivity contribution >= 4 is 11.6 Å². The molecule has 2 N–H and O–H groups in total. The maximum Gasteiger partial charge on any atom is 0.268 e. The van der Waals surface area contributed by atoms with Gasteiger partial charge in [-0.2, -0.15) is 0 Å². The topological polar surface area (TPSA) is 64.0 Å². The second kappa shape index (κ2) is 4.70. The van der Waals surface area contributed by atoms with Crippen molar-refractivity contribution in [1.82, 2.24) is 5.01 Å². The lowest BCUT2D eigenvalue weighted by Gasteiger charge is -2.66. The number of aliphatic hydroxyl groups is 1. The van der Waals surface area contributed by atoms with E-state index in [2.05, 4.69) is 0 Å². The molecular weight excluding hydrogens is 316 g/mol. The van der Waals surface area contributed by atoms with E-state index in [-0.39, 0.29) is 17.7 Å². The van der Waals surface area contributed by atoms with Crippen molar-refractivity contribution in [3.63, 3.8) is 0 Å². The van der Waals surface area contributed by atoms with E-state index in [0.717, 1.165) is 32.1 Å². The van der Waals surface area contributed by atoms with Crippen LogP contribution in [0.2, 0.25) is 0 Å². The zero-order chi connectivity index (χ0) is 17.6. The minimum Gasteiger partial charge on any atom is -0.506 e. The number of nitrogens with zero attached hydrogens (tertiary/aromatic N) is 2. The van der Waals surface area contributed by atoms with Crippen LogP contribution in [0.4, 0.5) is 5.69 Å². The Morgan fingerprint density at radius 1 is 1.08 bits per heavy atom. The first-order valence-corrected chi connectivity index (χ1v) is 9.44. The number of amides is 1. The van der Waals surface area contributed by atoms with E-state index in [1.54, 1.807) is 12.1 Å². The van der Waals surface area contributed by atoms with Crippen molar-refractivity contribution in [1.29, 1.82) is 0 Å². The van der Waals surface area contributed by atoms with Gasteiger partial charge in [0.2, 0.25) is 0 Å². The van der Waals surface area contributed by atoms with Crippen molar-refractivity contribution in [3.8, 4) is 5.75 Å². The third-order valence-corrected chi connectivity index (χ3v) is 7.06. The van der Waals surface area contributed by atoms with Gasteiger partial charge in [0, 0.05) is 0 Å². The number of rotatable bonds is 2. The van der Waals surface area contributed by atoms with Gasteiger partial charge in [-0.05, 0) is 75.8 Å². The summed E-state index contributed by atoms with van der Waals surface area (Å²) in [4.78, 5) is 13.0. The Kier molecular flexibility index (Phi) is 2.91. The maximum absolute atomic E-state index is 13.0. The first-order valence-electron chi connectivity index (χ1n) is 9.44. The molecule has 134 valence electrons. The summed E-state index contributed by atoms with van der Waals surface area (Å²) in [6.07, 6.45) is 4.78. The third-order valence-electron chi connectivity index (χ3n) is 7.06. The molecule has 4 bridgehead atoms. The van der Waals surface area contributed by atoms with Crippen molar-refractivity contribution in [2.24, 2.45) is 17.8 Å². The molecule has 0 aromatic heterocycles. The van der Waals surface area contributed by atoms with Crippen LogP contribution in [0.25, 0.3) is 0 Å². The van der Waals surface area contributed by atoms with Gasteiger partial charge in [0.15, 0.2) is 0 Å². The van der Waals surface area contributed by atoms with Crippen LogP contribution in [0.1, 0.15) is 46.0 Å². The summed E-state index contributed by atoms with van der Waals surface area (Å²) >= 11 is 0. The van der Waals surface area contributed by atoms with E-state index in [1.807, 2.05) is 36.0 Å². The van der Waals surface area contributed by atoms with Crippen molar-refractivity contribution in [3.05, 3.63) is 24.3 Å². The molecule has 5 aliphatic rings. The molecule has 0 spiro atoms. The highest BCUT2D eigenvalue weighted by molar-refractivity contribution is 5.98. The van der Waals surface area contributed by atoms with Gasteiger partial charge in [-0.15, -0.1) is 0 Å². The molecule has 5 fully saturated rings. The molecule has 1 heterocycles. The Morgan fingerprint density at radius 2 is 1.72 bits per heavy atom. The lowest BCUT2D eigenvalue weighted by Crippen LogP contribution is -2.80. The Hall–Kier alpha value is -1.75. The fraction of sp³-hybridized carbons (Fsp3) is 0.650. The normalized spacial score (nSPS) is 41.2. The van der Waals surface area contributed by atoms with Gasteiger partial charge in [-0.3, -0.25) is 9.80 Å². The van der Waals surface area contributed by atoms with Crippen LogP contribution in [0, 0.1) is 17.8 Å². The fourth-order valence-electron chi connectivity index (χ4n) is 6.37. The number of hydrogen-bond donors (Lipinski definition) is 2. The smallest absolute Gasteiger partial charge is 0.268 e. The van der Waals surface area contributed by atoms with Gasteiger partial charge in [0.05, 0.1) is 11.6 Å². The highest BCUT2D eigenvalue weighted by Gasteiger charge is 2.63. The minimum absolute atomic E-state index is 0.125. The summed E-state index contributed by atoms with van der Waals surface area (Å²) in [5, 5.41) is 25.1. The van der Waals surface area contributed by atoms with Crippen molar-refractivity contribution in [2.75, 3.05) is 5.01 Å². The Bertz CT molecular complexity index is 730. The molecule has 25 heavy (non-hydrogen) atoms. The minimum atomic E-state index is -0.648. The number of hydrazine groups is 1. The van der Waals surface area contributed by atoms with E-state index >= 15 is 0 Å². The number of phenolic OH excluding ortho intramolecular Hbond substituents is 1. The molecule has 4 aliphatic carbocycles. The average Bonchev–Trinajstić information content (AvgIpc) is 2.53. The molecule has 4 saturated carbocycles. The molecular formula is C20H26N2O3. The quantitative estimate of drug-likeness (QED) is 0.867. The Balaban J connectivity index is 1.53. The van der Waals surface area contributed by atoms with E-state index < -0.39 is 11.1 Å². The fourth-order valence-corrected chi connectivity index (χ4v) is 6.37. The number of hydrogen-bond acceptors (Lipinski definition) is 4. The summed E-state index contributed by atoms with van der Waals surface area (Å²) in [5.74, 6) is 1.67. The Morgan fingerprint density at radius 3 is 2.32 bits per heavy atom. The standard InChI is InChI=1S/C20H26N2O3/c1-19(2)18(24)21(22(19)15-5-3-4-6-16(15)23)17-13-7-12-8-14(17)11-20(25,9-12)10-13/h3-6,12-14,17,23,25H,7-11H2,1-2H3/t12?,13?,14?,17-,20-. The third kappa shape index (κ3) is 1.96. The number of phenols is 1. The Labute approximate surface area is 148 Å². The average molecular weight is 342 g/mol. The largest absolute Gasteiger partial charge is 0.506 e. The number of carbonyl (C=O) groups is 1. The highest BCUT2D eigenvalue weighted by atomic mass is 16.3. The predicted molar refractivity (Wildman–Crippen MR) is 93.8 cm³/mol. The second-order valence-electron chi connectivity index (χ2n) is 9.19. The molecule has 2 atom stereocenters. The molecule has 1 aromatic carbocycles. The zero-order valence-corrected chi connectivity index (χ0v) is 14.9. The summed E-state index contributed by atoms with van der Waals surface area (Å²) in [6, 6.07) is 7.39.